The molecular formula is C16H21BrN4. The van der Waals surface area contributed by atoms with Crippen molar-refractivity contribution in [1.29, 1.82) is 0 Å². The van der Waals surface area contributed by atoms with Crippen LogP contribution < -0.4 is 4.90 Å². The molecule has 0 aliphatic carbocycles. The van der Waals surface area contributed by atoms with E-state index in [0.29, 0.717) is 0 Å². The van der Waals surface area contributed by atoms with E-state index in [1.165, 1.54) is 5.56 Å². The molecule has 0 fully saturated rings. The van der Waals surface area contributed by atoms with E-state index in [9.17, 15) is 0 Å². The molecule has 0 atom stereocenters. The zero-order valence-electron chi connectivity index (χ0n) is 13.0. The van der Waals surface area contributed by atoms with E-state index in [1.54, 1.807) is 0 Å². The molecule has 2 aromatic rings. The van der Waals surface area contributed by atoms with E-state index < -0.39 is 0 Å². The van der Waals surface area contributed by atoms with Crippen molar-refractivity contribution in [2.45, 2.75) is 32.6 Å². The third kappa shape index (κ3) is 4.49. The van der Waals surface area contributed by atoms with Gasteiger partial charge >= 0.3 is 0 Å². The predicted octanol–water partition coefficient (Wildman–Crippen LogP) is 3.61. The largest absolute Gasteiger partial charge is 0.359 e. The van der Waals surface area contributed by atoms with Crippen molar-refractivity contribution in [3.8, 4) is 0 Å². The van der Waals surface area contributed by atoms with E-state index in [1.807, 2.05) is 30.6 Å². The van der Waals surface area contributed by atoms with Gasteiger partial charge in [-0.05, 0) is 40.0 Å². The molecule has 4 nitrogen and oxygen atoms in total. The first-order valence-corrected chi connectivity index (χ1v) is 7.80. The molecule has 112 valence electrons. The van der Waals surface area contributed by atoms with Crippen molar-refractivity contribution < 1.29 is 0 Å². The summed E-state index contributed by atoms with van der Waals surface area (Å²) in [7, 11) is 2.06. The molecule has 0 amide bonds. The lowest BCUT2D eigenvalue weighted by atomic mass is 9.96. The fourth-order valence-electron chi connectivity index (χ4n) is 1.90. The predicted molar refractivity (Wildman–Crippen MR) is 89.6 cm³/mol. The molecule has 0 saturated carbocycles. The summed E-state index contributed by atoms with van der Waals surface area (Å²) in [5, 5.41) is 0. The summed E-state index contributed by atoms with van der Waals surface area (Å²) in [6.07, 6.45) is 4.62. The maximum absolute atomic E-state index is 4.69. The maximum atomic E-state index is 4.69. The number of anilines is 1. The number of rotatable bonds is 4. The first-order chi connectivity index (χ1) is 9.86. The van der Waals surface area contributed by atoms with E-state index in [4.69, 9.17) is 0 Å². The van der Waals surface area contributed by atoms with Gasteiger partial charge in [-0.15, -0.1) is 0 Å². The van der Waals surface area contributed by atoms with Crippen LogP contribution in [-0.2, 0) is 11.8 Å². The van der Waals surface area contributed by atoms with E-state index >= 15 is 0 Å². The van der Waals surface area contributed by atoms with Crippen LogP contribution in [0.4, 0.5) is 5.82 Å². The second-order valence-electron chi connectivity index (χ2n) is 6.15. The van der Waals surface area contributed by atoms with Crippen LogP contribution in [0.2, 0.25) is 0 Å². The van der Waals surface area contributed by atoms with Crippen molar-refractivity contribution in [2.75, 3.05) is 18.5 Å². The second-order valence-corrected chi connectivity index (χ2v) is 6.96. The molecule has 0 aromatic carbocycles. The Morgan fingerprint density at radius 3 is 2.43 bits per heavy atom. The normalized spacial score (nSPS) is 11.5. The number of aromatic nitrogens is 3. The Balaban J connectivity index is 2.12. The highest BCUT2D eigenvalue weighted by molar-refractivity contribution is 9.10. The van der Waals surface area contributed by atoms with Gasteiger partial charge in [0.1, 0.15) is 16.2 Å². The Bertz CT molecular complexity index is 593. The molecule has 2 heterocycles. The minimum Gasteiger partial charge on any atom is -0.359 e. The highest BCUT2D eigenvalue weighted by Crippen LogP contribution is 2.23. The molecule has 21 heavy (non-hydrogen) atoms. The summed E-state index contributed by atoms with van der Waals surface area (Å²) in [6, 6.07) is 6.05. The van der Waals surface area contributed by atoms with Crippen LogP contribution in [0, 0.1) is 0 Å². The van der Waals surface area contributed by atoms with Crippen LogP contribution in [-0.4, -0.2) is 28.5 Å². The molecule has 2 rings (SSSR count). The van der Waals surface area contributed by atoms with Crippen LogP contribution >= 0.6 is 15.9 Å². The highest BCUT2D eigenvalue weighted by atomic mass is 79.9. The molecule has 5 heteroatoms. The summed E-state index contributed by atoms with van der Waals surface area (Å²) in [5.74, 6) is 1.79. The minimum absolute atomic E-state index is 0.0650. The molecular weight excluding hydrogens is 328 g/mol. The van der Waals surface area contributed by atoms with Gasteiger partial charge in [0.2, 0.25) is 0 Å². The molecule has 2 aromatic heterocycles. The molecule has 0 bridgehead atoms. The van der Waals surface area contributed by atoms with Crippen LogP contribution in [0.5, 0.6) is 0 Å². The maximum Gasteiger partial charge on any atom is 0.137 e. The number of hydrogen-bond acceptors (Lipinski definition) is 4. The summed E-state index contributed by atoms with van der Waals surface area (Å²) in [6.45, 7) is 7.26. The van der Waals surface area contributed by atoms with Gasteiger partial charge in [-0.25, -0.2) is 9.97 Å². The van der Waals surface area contributed by atoms with E-state index in [2.05, 4.69) is 63.6 Å². The highest BCUT2D eigenvalue weighted by Gasteiger charge is 2.19. The second kappa shape index (κ2) is 6.52. The fourth-order valence-corrected chi connectivity index (χ4v) is 2.27. The summed E-state index contributed by atoms with van der Waals surface area (Å²) in [4.78, 5) is 15.4. The van der Waals surface area contributed by atoms with Gasteiger partial charge in [-0.3, -0.25) is 4.98 Å². The molecule has 0 aliphatic rings. The first kappa shape index (κ1) is 15.9. The Kier molecular flexibility index (Phi) is 4.93. The number of likely N-dealkylation sites (N-methyl/N-ethyl adjacent to an activating group) is 1. The lowest BCUT2D eigenvalue weighted by Crippen LogP contribution is -2.24. The van der Waals surface area contributed by atoms with Gasteiger partial charge in [0.25, 0.3) is 0 Å². The standard InChI is InChI=1S/C16H21BrN4/c1-16(2,3)15-19-13(17)11-14(20-15)21(4)10-7-12-5-8-18-9-6-12/h5-6,8-9,11H,7,10H2,1-4H3. The molecule has 0 unspecified atom stereocenters. The van der Waals surface area contributed by atoms with E-state index in [-0.39, 0.29) is 5.41 Å². The lowest BCUT2D eigenvalue weighted by Gasteiger charge is -2.22. The van der Waals surface area contributed by atoms with Crippen molar-refractivity contribution in [2.24, 2.45) is 0 Å². The third-order valence-electron chi connectivity index (χ3n) is 3.23. The quantitative estimate of drug-likeness (QED) is 0.791. The molecule has 0 aliphatic heterocycles. The summed E-state index contributed by atoms with van der Waals surface area (Å²) < 4.78 is 0.827. The SMILES string of the molecule is CN(CCc1ccncc1)c1cc(Br)nc(C(C)(C)C)n1. The van der Waals surface area contributed by atoms with Crippen molar-refractivity contribution in [3.05, 3.63) is 46.6 Å². The third-order valence-corrected chi connectivity index (χ3v) is 3.63. The number of hydrogen-bond donors (Lipinski definition) is 0. The fraction of sp³-hybridized carbons (Fsp3) is 0.438. The van der Waals surface area contributed by atoms with Crippen molar-refractivity contribution >= 4 is 21.7 Å². The van der Waals surface area contributed by atoms with Crippen molar-refractivity contribution in [3.63, 3.8) is 0 Å². The summed E-state index contributed by atoms with van der Waals surface area (Å²) >= 11 is 3.48. The molecule has 0 radical (unpaired) electrons. The Morgan fingerprint density at radius 1 is 1.14 bits per heavy atom. The van der Waals surface area contributed by atoms with Crippen LogP contribution in [0.25, 0.3) is 0 Å². The van der Waals surface area contributed by atoms with Gasteiger partial charge in [-0.2, -0.15) is 0 Å². The Hall–Kier alpha value is -1.49. The number of halogens is 1. The monoisotopic (exact) mass is 348 g/mol. The van der Waals surface area contributed by atoms with Gasteiger partial charge in [0, 0.05) is 37.5 Å². The minimum atomic E-state index is -0.0650. The topological polar surface area (TPSA) is 41.9 Å². The Morgan fingerprint density at radius 2 is 1.81 bits per heavy atom. The molecule has 0 saturated heterocycles. The first-order valence-electron chi connectivity index (χ1n) is 7.01. The van der Waals surface area contributed by atoms with Gasteiger partial charge in [0.15, 0.2) is 0 Å². The van der Waals surface area contributed by atoms with Crippen LogP contribution in [0.3, 0.4) is 0 Å². The smallest absolute Gasteiger partial charge is 0.137 e. The average molecular weight is 349 g/mol. The number of nitrogens with zero attached hydrogens (tertiary/aromatic N) is 4. The van der Waals surface area contributed by atoms with Gasteiger partial charge < -0.3 is 4.90 Å². The lowest BCUT2D eigenvalue weighted by molar-refractivity contribution is 0.542. The molecule has 0 spiro atoms. The number of pyridine rings is 1. The average Bonchev–Trinajstić information content (AvgIpc) is 2.44. The summed E-state index contributed by atoms with van der Waals surface area (Å²) in [5.41, 5.74) is 1.21. The van der Waals surface area contributed by atoms with Crippen molar-refractivity contribution in [1.82, 2.24) is 15.0 Å². The van der Waals surface area contributed by atoms with Crippen LogP contribution in [0.1, 0.15) is 32.2 Å². The van der Waals surface area contributed by atoms with Crippen LogP contribution in [0.15, 0.2) is 35.2 Å². The molecule has 0 N–H and O–H groups in total. The zero-order valence-corrected chi connectivity index (χ0v) is 14.6. The van der Waals surface area contributed by atoms with Gasteiger partial charge in [-0.1, -0.05) is 20.8 Å². The zero-order chi connectivity index (χ0) is 15.5. The van der Waals surface area contributed by atoms with E-state index in [0.717, 1.165) is 29.2 Å². The Labute approximate surface area is 134 Å². The van der Waals surface area contributed by atoms with Gasteiger partial charge in [0.05, 0.1) is 0 Å².